The van der Waals surface area contributed by atoms with E-state index in [0.717, 1.165) is 51.4 Å². The summed E-state index contributed by atoms with van der Waals surface area (Å²) in [5.41, 5.74) is 0.0608. The van der Waals surface area contributed by atoms with Crippen LogP contribution >= 0.6 is 0 Å². The molecule has 0 spiro atoms. The van der Waals surface area contributed by atoms with E-state index in [1.807, 2.05) is 0 Å². The number of piperidine rings is 1. The lowest BCUT2D eigenvalue weighted by Gasteiger charge is -2.53. The SMILES string of the molecule is CN1C(C)(C)CC(OC(=O)CCCCCCCCC(=O)O)CC1(C)C.NN. The Morgan fingerprint density at radius 1 is 0.926 bits per heavy atom. The van der Waals surface area contributed by atoms with Gasteiger partial charge in [-0.25, -0.2) is 0 Å². The van der Waals surface area contributed by atoms with E-state index in [1.165, 1.54) is 0 Å². The van der Waals surface area contributed by atoms with Crippen molar-refractivity contribution in [1.29, 1.82) is 0 Å². The molecule has 1 heterocycles. The summed E-state index contributed by atoms with van der Waals surface area (Å²) < 4.78 is 5.75. The van der Waals surface area contributed by atoms with Crippen LogP contribution in [-0.2, 0) is 14.3 Å². The lowest BCUT2D eigenvalue weighted by atomic mass is 9.79. The molecule has 1 aliphatic heterocycles. The highest BCUT2D eigenvalue weighted by Crippen LogP contribution is 2.38. The molecule has 0 unspecified atom stereocenters. The Balaban J connectivity index is 0.00000326. The van der Waals surface area contributed by atoms with Crippen LogP contribution in [0, 0.1) is 0 Å². The number of rotatable bonds is 10. The molecule has 0 radical (unpaired) electrons. The average Bonchev–Trinajstić information content (AvgIpc) is 2.56. The van der Waals surface area contributed by atoms with Gasteiger partial charge >= 0.3 is 11.9 Å². The highest BCUT2D eigenvalue weighted by atomic mass is 16.5. The molecule has 0 bridgehead atoms. The van der Waals surface area contributed by atoms with Gasteiger partial charge in [0.2, 0.25) is 0 Å². The smallest absolute Gasteiger partial charge is 0.306 e. The molecule has 0 aromatic heterocycles. The molecule has 1 aliphatic rings. The molecular weight excluding hydrogens is 346 g/mol. The second-order valence-electron chi connectivity index (χ2n) is 8.72. The van der Waals surface area contributed by atoms with Crippen molar-refractivity contribution in [2.24, 2.45) is 11.7 Å². The van der Waals surface area contributed by atoms with E-state index in [0.29, 0.717) is 6.42 Å². The lowest BCUT2D eigenvalue weighted by Crippen LogP contribution is -2.60. The van der Waals surface area contributed by atoms with Gasteiger partial charge in [-0.2, -0.15) is 0 Å². The van der Waals surface area contributed by atoms with Crippen LogP contribution in [0.15, 0.2) is 0 Å². The van der Waals surface area contributed by atoms with Crippen molar-refractivity contribution in [3.63, 3.8) is 0 Å². The molecule has 0 amide bonds. The van der Waals surface area contributed by atoms with Gasteiger partial charge in [0.1, 0.15) is 6.10 Å². The number of hydrazine groups is 1. The molecule has 27 heavy (non-hydrogen) atoms. The Kier molecular flexibility index (Phi) is 11.8. The third-order valence-corrected chi connectivity index (χ3v) is 5.59. The second-order valence-corrected chi connectivity index (χ2v) is 8.72. The Hall–Kier alpha value is -1.18. The first kappa shape index (κ1) is 25.8. The van der Waals surface area contributed by atoms with Gasteiger partial charge in [-0.15, -0.1) is 0 Å². The highest BCUT2D eigenvalue weighted by Gasteiger charge is 2.44. The topological polar surface area (TPSA) is 119 Å². The van der Waals surface area contributed by atoms with Gasteiger partial charge in [0.05, 0.1) is 0 Å². The van der Waals surface area contributed by atoms with Crippen LogP contribution in [0.4, 0.5) is 0 Å². The summed E-state index contributed by atoms with van der Waals surface area (Å²) in [6, 6.07) is 0. The highest BCUT2D eigenvalue weighted by molar-refractivity contribution is 5.69. The molecule has 0 atom stereocenters. The van der Waals surface area contributed by atoms with E-state index in [4.69, 9.17) is 9.84 Å². The van der Waals surface area contributed by atoms with Gasteiger partial charge in [0.25, 0.3) is 0 Å². The Morgan fingerprint density at radius 3 is 1.78 bits per heavy atom. The van der Waals surface area contributed by atoms with Crippen LogP contribution in [-0.4, -0.2) is 46.2 Å². The fourth-order valence-electron chi connectivity index (χ4n) is 3.86. The van der Waals surface area contributed by atoms with E-state index in [-0.39, 0.29) is 29.6 Å². The lowest BCUT2D eigenvalue weighted by molar-refractivity contribution is -0.159. The number of aliphatic carboxylic acids is 1. The van der Waals surface area contributed by atoms with Crippen LogP contribution in [0.2, 0.25) is 0 Å². The summed E-state index contributed by atoms with van der Waals surface area (Å²) >= 11 is 0. The minimum atomic E-state index is -0.719. The monoisotopic (exact) mass is 387 g/mol. The van der Waals surface area contributed by atoms with Crippen molar-refractivity contribution in [2.75, 3.05) is 7.05 Å². The van der Waals surface area contributed by atoms with Gasteiger partial charge in [0, 0.05) is 36.8 Å². The third-order valence-electron chi connectivity index (χ3n) is 5.59. The van der Waals surface area contributed by atoms with Crippen molar-refractivity contribution < 1.29 is 19.4 Å². The minimum Gasteiger partial charge on any atom is -0.481 e. The predicted molar refractivity (Wildman–Crippen MR) is 108 cm³/mol. The summed E-state index contributed by atoms with van der Waals surface area (Å²) in [5.74, 6) is 7.20. The quantitative estimate of drug-likeness (QED) is 0.228. The number of carboxylic acid groups (broad SMARTS) is 1. The van der Waals surface area contributed by atoms with Crippen LogP contribution in [0.3, 0.4) is 0 Å². The molecule has 0 aliphatic carbocycles. The fourth-order valence-corrected chi connectivity index (χ4v) is 3.86. The second kappa shape index (κ2) is 12.3. The number of carboxylic acids is 1. The Labute approximate surface area is 164 Å². The molecule has 7 heteroatoms. The molecule has 0 aromatic carbocycles. The van der Waals surface area contributed by atoms with Crippen LogP contribution in [0.1, 0.15) is 91.9 Å². The van der Waals surface area contributed by atoms with Gasteiger partial charge in [-0.3, -0.25) is 26.2 Å². The molecule has 1 saturated heterocycles. The normalized spacial score (nSPS) is 19.1. The molecule has 0 saturated carbocycles. The first-order valence-corrected chi connectivity index (χ1v) is 10.0. The van der Waals surface area contributed by atoms with Gasteiger partial charge < -0.3 is 9.84 Å². The van der Waals surface area contributed by atoms with Crippen molar-refractivity contribution in [3.05, 3.63) is 0 Å². The number of nitrogens with zero attached hydrogens (tertiary/aromatic N) is 1. The fraction of sp³-hybridized carbons (Fsp3) is 0.900. The number of hydrogen-bond acceptors (Lipinski definition) is 6. The first-order valence-electron chi connectivity index (χ1n) is 10.0. The minimum absolute atomic E-state index is 0.00437. The van der Waals surface area contributed by atoms with Crippen molar-refractivity contribution >= 4 is 11.9 Å². The summed E-state index contributed by atoms with van der Waals surface area (Å²) in [4.78, 5) is 24.9. The van der Waals surface area contributed by atoms with Crippen LogP contribution in [0.25, 0.3) is 0 Å². The Morgan fingerprint density at radius 2 is 1.33 bits per heavy atom. The average molecular weight is 388 g/mol. The van der Waals surface area contributed by atoms with E-state index in [2.05, 4.69) is 51.3 Å². The summed E-state index contributed by atoms with van der Waals surface area (Å²) in [5, 5.41) is 8.58. The van der Waals surface area contributed by atoms with Gasteiger partial charge in [-0.05, 0) is 47.6 Å². The summed E-state index contributed by atoms with van der Waals surface area (Å²) in [6.45, 7) is 8.83. The largest absolute Gasteiger partial charge is 0.481 e. The Bertz CT molecular complexity index is 435. The molecule has 160 valence electrons. The third kappa shape index (κ3) is 10.1. The maximum Gasteiger partial charge on any atom is 0.306 e. The number of likely N-dealkylation sites (tertiary alicyclic amines) is 1. The zero-order valence-corrected chi connectivity index (χ0v) is 17.9. The number of hydrogen-bond donors (Lipinski definition) is 3. The molecular formula is C20H41N3O4. The number of carbonyl (C=O) groups excluding carboxylic acids is 1. The van der Waals surface area contributed by atoms with Crippen molar-refractivity contribution in [1.82, 2.24) is 4.90 Å². The molecule has 7 nitrogen and oxygen atoms in total. The number of ether oxygens (including phenoxy) is 1. The first-order chi connectivity index (χ1) is 12.5. The maximum atomic E-state index is 12.1. The maximum absolute atomic E-state index is 12.1. The van der Waals surface area contributed by atoms with E-state index >= 15 is 0 Å². The molecule has 1 rings (SSSR count). The van der Waals surface area contributed by atoms with E-state index in [1.54, 1.807) is 0 Å². The molecule has 0 aromatic rings. The molecule has 5 N–H and O–H groups in total. The van der Waals surface area contributed by atoms with Crippen LogP contribution < -0.4 is 11.7 Å². The number of nitrogens with two attached hydrogens (primary N) is 2. The number of esters is 1. The van der Waals surface area contributed by atoms with Gasteiger partial charge in [-0.1, -0.05) is 25.7 Å². The van der Waals surface area contributed by atoms with Gasteiger partial charge in [0.15, 0.2) is 0 Å². The van der Waals surface area contributed by atoms with E-state index < -0.39 is 5.97 Å². The molecule has 1 fully saturated rings. The van der Waals surface area contributed by atoms with Crippen LogP contribution in [0.5, 0.6) is 0 Å². The summed E-state index contributed by atoms with van der Waals surface area (Å²) in [6.07, 6.45) is 8.17. The summed E-state index contributed by atoms with van der Waals surface area (Å²) in [7, 11) is 2.15. The van der Waals surface area contributed by atoms with Crippen molar-refractivity contribution in [3.8, 4) is 0 Å². The van der Waals surface area contributed by atoms with Crippen molar-refractivity contribution in [2.45, 2.75) is 109 Å². The number of carbonyl (C=O) groups is 2. The predicted octanol–water partition coefficient (Wildman–Crippen LogP) is 3.21. The zero-order valence-electron chi connectivity index (χ0n) is 17.9. The standard InChI is InChI=1S/C20H37NO4.H4N2/c1-19(2)14-16(15-20(3,4)21(19)5)25-18(24)13-11-9-7-6-8-10-12-17(22)23;1-2/h16H,6-15H2,1-5H3,(H,22,23);1-2H2. The van der Waals surface area contributed by atoms with E-state index in [9.17, 15) is 9.59 Å². The zero-order chi connectivity index (χ0) is 21.1. The number of unbranched alkanes of at least 4 members (excludes halogenated alkanes) is 5.